The molecular formula is C14H14ClN3O2. The third-order valence-corrected chi connectivity index (χ3v) is 2.64. The Morgan fingerprint density at radius 2 is 2.05 bits per heavy atom. The predicted octanol–water partition coefficient (Wildman–Crippen LogP) is 2.33. The van der Waals surface area contributed by atoms with Crippen LogP contribution in [-0.2, 0) is 0 Å². The highest BCUT2D eigenvalue weighted by Crippen LogP contribution is 2.08. The molecule has 0 atom stereocenters. The lowest BCUT2D eigenvalue weighted by Gasteiger charge is -2.07. The zero-order valence-corrected chi connectivity index (χ0v) is 11.5. The van der Waals surface area contributed by atoms with Crippen LogP contribution >= 0.6 is 11.6 Å². The van der Waals surface area contributed by atoms with Crippen LogP contribution in [0.1, 0.15) is 16.9 Å². The van der Waals surface area contributed by atoms with E-state index in [1.165, 1.54) is 12.4 Å². The number of halogens is 1. The van der Waals surface area contributed by atoms with Crippen molar-refractivity contribution in [1.82, 2.24) is 15.3 Å². The van der Waals surface area contributed by atoms with E-state index < -0.39 is 0 Å². The number of benzene rings is 1. The number of ether oxygens (including phenoxy) is 1. The number of nitrogens with zero attached hydrogens (tertiary/aromatic N) is 2. The normalized spacial score (nSPS) is 10.1. The maximum Gasteiger partial charge on any atom is 0.271 e. The first-order chi connectivity index (χ1) is 9.75. The maximum absolute atomic E-state index is 11.7. The van der Waals surface area contributed by atoms with Crippen molar-refractivity contribution >= 4 is 17.5 Å². The Morgan fingerprint density at radius 1 is 1.25 bits per heavy atom. The maximum atomic E-state index is 11.7. The number of hydrogen-bond donors (Lipinski definition) is 1. The largest absolute Gasteiger partial charge is 0.494 e. The minimum Gasteiger partial charge on any atom is -0.494 e. The minimum absolute atomic E-state index is 0.199. The van der Waals surface area contributed by atoms with Gasteiger partial charge in [0.1, 0.15) is 16.6 Å². The molecular weight excluding hydrogens is 278 g/mol. The van der Waals surface area contributed by atoms with Gasteiger partial charge in [0.2, 0.25) is 0 Å². The van der Waals surface area contributed by atoms with Gasteiger partial charge in [-0.3, -0.25) is 9.78 Å². The van der Waals surface area contributed by atoms with E-state index in [2.05, 4.69) is 15.3 Å². The van der Waals surface area contributed by atoms with Crippen LogP contribution in [0.3, 0.4) is 0 Å². The summed E-state index contributed by atoms with van der Waals surface area (Å²) < 4.78 is 5.51. The minimum atomic E-state index is -0.292. The first-order valence-corrected chi connectivity index (χ1v) is 6.57. The van der Waals surface area contributed by atoms with Gasteiger partial charge in [0.25, 0.3) is 5.91 Å². The van der Waals surface area contributed by atoms with Gasteiger partial charge in [-0.05, 0) is 18.6 Å². The van der Waals surface area contributed by atoms with E-state index in [0.717, 1.165) is 5.75 Å². The third-order valence-electron chi connectivity index (χ3n) is 2.46. The molecule has 0 aliphatic carbocycles. The van der Waals surface area contributed by atoms with Crippen molar-refractivity contribution in [2.75, 3.05) is 13.2 Å². The van der Waals surface area contributed by atoms with Gasteiger partial charge >= 0.3 is 0 Å². The van der Waals surface area contributed by atoms with Crippen LogP contribution in [0.25, 0.3) is 0 Å². The molecule has 0 saturated carbocycles. The molecule has 6 heteroatoms. The Bertz CT molecular complexity index is 563. The van der Waals surface area contributed by atoms with Crippen molar-refractivity contribution in [2.24, 2.45) is 0 Å². The highest BCUT2D eigenvalue weighted by atomic mass is 35.5. The van der Waals surface area contributed by atoms with Gasteiger partial charge in [0, 0.05) is 6.54 Å². The van der Waals surface area contributed by atoms with Crippen LogP contribution in [-0.4, -0.2) is 29.0 Å². The van der Waals surface area contributed by atoms with E-state index >= 15 is 0 Å². The van der Waals surface area contributed by atoms with Crippen molar-refractivity contribution in [1.29, 1.82) is 0 Å². The highest BCUT2D eigenvalue weighted by Gasteiger charge is 2.07. The first kappa shape index (κ1) is 14.3. The summed E-state index contributed by atoms with van der Waals surface area (Å²) in [7, 11) is 0. The molecule has 0 aliphatic heterocycles. The molecule has 20 heavy (non-hydrogen) atoms. The first-order valence-electron chi connectivity index (χ1n) is 6.19. The molecule has 5 nitrogen and oxygen atoms in total. The van der Waals surface area contributed by atoms with Crippen molar-refractivity contribution in [3.8, 4) is 5.75 Å². The van der Waals surface area contributed by atoms with Gasteiger partial charge in [-0.2, -0.15) is 0 Å². The van der Waals surface area contributed by atoms with Crippen LogP contribution in [0.15, 0.2) is 42.7 Å². The molecule has 2 aromatic rings. The van der Waals surface area contributed by atoms with Crippen LogP contribution < -0.4 is 10.1 Å². The molecule has 0 saturated heterocycles. The molecule has 104 valence electrons. The summed E-state index contributed by atoms with van der Waals surface area (Å²) in [6, 6.07) is 9.53. The van der Waals surface area contributed by atoms with Crippen LogP contribution in [0.4, 0.5) is 0 Å². The fourth-order valence-corrected chi connectivity index (χ4v) is 1.67. The number of rotatable bonds is 6. The Balaban J connectivity index is 1.67. The summed E-state index contributed by atoms with van der Waals surface area (Å²) in [5, 5.41) is 2.93. The fraction of sp³-hybridized carbons (Fsp3) is 0.214. The lowest BCUT2D eigenvalue weighted by molar-refractivity contribution is 0.0946. The number of nitrogens with one attached hydrogen (secondary N) is 1. The number of carbonyl (C=O) groups is 1. The Hall–Kier alpha value is -2.14. The molecule has 0 aliphatic rings. The standard InChI is InChI=1S/C14H14ClN3O2/c15-13-10-16-9-12(18-13)14(19)17-7-4-8-20-11-5-2-1-3-6-11/h1-3,5-6,9-10H,4,7-8H2,(H,17,19). The van der Waals surface area contributed by atoms with E-state index in [9.17, 15) is 4.79 Å². The molecule has 2 rings (SSSR count). The smallest absolute Gasteiger partial charge is 0.271 e. The Morgan fingerprint density at radius 3 is 2.80 bits per heavy atom. The summed E-state index contributed by atoms with van der Waals surface area (Å²) in [6.45, 7) is 1.03. The van der Waals surface area contributed by atoms with Gasteiger partial charge in [-0.1, -0.05) is 29.8 Å². The zero-order valence-electron chi connectivity index (χ0n) is 10.8. The Labute approximate surface area is 122 Å². The van der Waals surface area contributed by atoms with Gasteiger partial charge in [0.05, 0.1) is 19.0 Å². The van der Waals surface area contributed by atoms with Gasteiger partial charge in [-0.15, -0.1) is 0 Å². The van der Waals surface area contributed by atoms with Crippen molar-refractivity contribution < 1.29 is 9.53 Å². The van der Waals surface area contributed by atoms with Crippen molar-refractivity contribution in [3.05, 3.63) is 53.6 Å². The second-order valence-electron chi connectivity index (χ2n) is 4.00. The summed E-state index contributed by atoms with van der Waals surface area (Å²) in [5.41, 5.74) is 0.210. The molecule has 1 heterocycles. The van der Waals surface area contributed by atoms with E-state index in [1.54, 1.807) is 0 Å². The molecule has 0 bridgehead atoms. The molecule has 0 fully saturated rings. The lowest BCUT2D eigenvalue weighted by Crippen LogP contribution is -2.26. The van der Waals surface area contributed by atoms with Crippen molar-refractivity contribution in [3.63, 3.8) is 0 Å². The summed E-state index contributed by atoms with van der Waals surface area (Å²) in [5.74, 6) is 0.527. The third kappa shape index (κ3) is 4.51. The summed E-state index contributed by atoms with van der Waals surface area (Å²) >= 11 is 5.67. The molecule has 0 spiro atoms. The zero-order chi connectivity index (χ0) is 14.2. The monoisotopic (exact) mass is 291 g/mol. The van der Waals surface area contributed by atoms with Gasteiger partial charge < -0.3 is 10.1 Å². The summed E-state index contributed by atoms with van der Waals surface area (Å²) in [6.07, 6.45) is 3.46. The predicted molar refractivity (Wildman–Crippen MR) is 75.9 cm³/mol. The topological polar surface area (TPSA) is 64.1 Å². The van der Waals surface area contributed by atoms with Gasteiger partial charge in [0.15, 0.2) is 0 Å². The number of amides is 1. The van der Waals surface area contributed by atoms with E-state index in [0.29, 0.717) is 19.6 Å². The highest BCUT2D eigenvalue weighted by molar-refractivity contribution is 6.29. The molecule has 1 N–H and O–H groups in total. The van der Waals surface area contributed by atoms with E-state index in [-0.39, 0.29) is 16.8 Å². The lowest BCUT2D eigenvalue weighted by atomic mass is 10.3. The molecule has 1 aromatic heterocycles. The van der Waals surface area contributed by atoms with Crippen LogP contribution in [0, 0.1) is 0 Å². The number of hydrogen-bond acceptors (Lipinski definition) is 4. The van der Waals surface area contributed by atoms with Gasteiger partial charge in [-0.25, -0.2) is 4.98 Å². The molecule has 1 amide bonds. The van der Waals surface area contributed by atoms with Crippen LogP contribution in [0.2, 0.25) is 5.15 Å². The van der Waals surface area contributed by atoms with E-state index in [4.69, 9.17) is 16.3 Å². The number of carbonyl (C=O) groups excluding carboxylic acids is 1. The van der Waals surface area contributed by atoms with Crippen LogP contribution in [0.5, 0.6) is 5.75 Å². The number of para-hydroxylation sites is 1. The average Bonchev–Trinajstić information content (AvgIpc) is 2.48. The molecule has 1 aromatic carbocycles. The summed E-state index contributed by atoms with van der Waals surface area (Å²) in [4.78, 5) is 19.4. The quantitative estimate of drug-likeness (QED) is 0.830. The SMILES string of the molecule is O=C(NCCCOc1ccccc1)c1cncc(Cl)n1. The number of aromatic nitrogens is 2. The molecule has 0 radical (unpaired) electrons. The van der Waals surface area contributed by atoms with E-state index in [1.807, 2.05) is 30.3 Å². The molecule has 0 unspecified atom stereocenters. The second-order valence-corrected chi connectivity index (χ2v) is 4.39. The Kier molecular flexibility index (Phi) is 5.32. The fourth-order valence-electron chi connectivity index (χ4n) is 1.52. The average molecular weight is 292 g/mol. The second kappa shape index (κ2) is 7.45. The van der Waals surface area contributed by atoms with Crippen molar-refractivity contribution in [2.45, 2.75) is 6.42 Å².